The van der Waals surface area contributed by atoms with Crippen molar-refractivity contribution in [2.75, 3.05) is 14.2 Å². The summed E-state index contributed by atoms with van der Waals surface area (Å²) < 4.78 is 17.0. The lowest BCUT2D eigenvalue weighted by atomic mass is 9.97. The van der Waals surface area contributed by atoms with Crippen LogP contribution in [0.2, 0.25) is 19.6 Å². The molecule has 20 heavy (non-hydrogen) atoms. The van der Waals surface area contributed by atoms with E-state index in [9.17, 15) is 5.26 Å². The molecule has 1 atom stereocenters. The number of methoxy groups -OCH3 is 2. The Kier molecular flexibility index (Phi) is 3.81. The smallest absolute Gasteiger partial charge is 0.186 e. The molecule has 0 N–H and O–H groups in total. The van der Waals surface area contributed by atoms with Crippen molar-refractivity contribution < 1.29 is 13.9 Å². The van der Waals surface area contributed by atoms with Gasteiger partial charge in [0.25, 0.3) is 0 Å². The Hall–Kier alpha value is -1.51. The molecule has 0 aromatic heterocycles. The van der Waals surface area contributed by atoms with Gasteiger partial charge in [-0.2, -0.15) is 5.26 Å². The topological polar surface area (TPSA) is 51.5 Å². The highest BCUT2D eigenvalue weighted by atomic mass is 28.4. The maximum atomic E-state index is 9.69. The van der Waals surface area contributed by atoms with Crippen LogP contribution < -0.4 is 9.47 Å². The zero-order valence-electron chi connectivity index (χ0n) is 12.7. The summed E-state index contributed by atoms with van der Waals surface area (Å²) in [5.41, 5.74) is 1.13. The molecule has 0 bridgehead atoms. The van der Waals surface area contributed by atoms with E-state index in [1.165, 1.54) is 0 Å². The van der Waals surface area contributed by atoms with Crippen molar-refractivity contribution in [1.29, 1.82) is 5.26 Å². The molecule has 0 fully saturated rings. The molecule has 0 saturated heterocycles. The standard InChI is InChI=1S/C15H21NO3Si/c1-17-13-7-6-12-11(14(13)18-2)8-9-15(12,10-16)19-20(3,4)5/h6-7H,8-9H2,1-5H3. The average Bonchev–Trinajstić information content (AvgIpc) is 2.75. The summed E-state index contributed by atoms with van der Waals surface area (Å²) in [6, 6.07) is 6.18. The molecule has 108 valence electrons. The van der Waals surface area contributed by atoms with Crippen LogP contribution in [0.5, 0.6) is 11.5 Å². The van der Waals surface area contributed by atoms with Crippen LogP contribution in [0.15, 0.2) is 12.1 Å². The molecule has 0 radical (unpaired) electrons. The van der Waals surface area contributed by atoms with Gasteiger partial charge in [0.15, 0.2) is 25.4 Å². The lowest BCUT2D eigenvalue weighted by molar-refractivity contribution is 0.121. The quantitative estimate of drug-likeness (QED) is 0.799. The fourth-order valence-corrected chi connectivity index (χ4v) is 4.12. The van der Waals surface area contributed by atoms with E-state index in [1.54, 1.807) is 14.2 Å². The SMILES string of the molecule is COc1ccc2c(c1OC)CCC2(C#N)O[Si](C)(C)C. The molecule has 0 spiro atoms. The minimum Gasteiger partial charge on any atom is -0.493 e. The fraction of sp³-hybridized carbons (Fsp3) is 0.533. The number of hydrogen-bond donors (Lipinski definition) is 0. The molecule has 1 aliphatic rings. The van der Waals surface area contributed by atoms with Crippen LogP contribution in [0.4, 0.5) is 0 Å². The van der Waals surface area contributed by atoms with Gasteiger partial charge >= 0.3 is 0 Å². The van der Waals surface area contributed by atoms with E-state index in [1.807, 2.05) is 12.1 Å². The Balaban J connectivity index is 2.55. The molecule has 1 aliphatic carbocycles. The van der Waals surface area contributed by atoms with E-state index in [0.717, 1.165) is 23.3 Å². The van der Waals surface area contributed by atoms with Crippen molar-refractivity contribution in [3.63, 3.8) is 0 Å². The molecule has 5 heteroatoms. The number of fused-ring (bicyclic) bond motifs is 1. The summed E-state index contributed by atoms with van der Waals surface area (Å²) in [7, 11) is 1.42. The van der Waals surface area contributed by atoms with Crippen molar-refractivity contribution in [2.45, 2.75) is 38.1 Å². The predicted octanol–water partition coefficient (Wildman–Crippen LogP) is 3.22. The van der Waals surface area contributed by atoms with Crippen LogP contribution in [-0.2, 0) is 16.4 Å². The van der Waals surface area contributed by atoms with E-state index >= 15 is 0 Å². The van der Waals surface area contributed by atoms with Crippen LogP contribution in [0.3, 0.4) is 0 Å². The third-order valence-electron chi connectivity index (χ3n) is 3.47. The second kappa shape index (κ2) is 5.11. The molecule has 1 aromatic carbocycles. The molecular weight excluding hydrogens is 270 g/mol. The maximum Gasteiger partial charge on any atom is 0.186 e. The second-order valence-corrected chi connectivity index (χ2v) is 10.4. The Morgan fingerprint density at radius 2 is 1.90 bits per heavy atom. The second-order valence-electron chi connectivity index (χ2n) is 5.98. The number of nitriles is 1. The molecule has 0 amide bonds. The first kappa shape index (κ1) is 14.9. The number of hydrogen-bond acceptors (Lipinski definition) is 4. The highest BCUT2D eigenvalue weighted by molar-refractivity contribution is 6.69. The minimum atomic E-state index is -1.83. The van der Waals surface area contributed by atoms with Crippen LogP contribution >= 0.6 is 0 Å². The first-order valence-electron chi connectivity index (χ1n) is 6.72. The van der Waals surface area contributed by atoms with E-state index in [2.05, 4.69) is 25.7 Å². The van der Waals surface area contributed by atoms with Gasteiger partial charge in [-0.25, -0.2) is 0 Å². The zero-order chi connectivity index (χ0) is 15.0. The molecular formula is C15H21NO3Si. The summed E-state index contributed by atoms with van der Waals surface area (Å²) in [5.74, 6) is 1.43. The van der Waals surface area contributed by atoms with Gasteiger partial charge < -0.3 is 13.9 Å². The van der Waals surface area contributed by atoms with Crippen molar-refractivity contribution >= 4 is 8.32 Å². The molecule has 2 rings (SSSR count). The molecule has 4 nitrogen and oxygen atoms in total. The predicted molar refractivity (Wildman–Crippen MR) is 79.6 cm³/mol. The highest BCUT2D eigenvalue weighted by Gasteiger charge is 2.45. The van der Waals surface area contributed by atoms with Crippen LogP contribution in [0, 0.1) is 11.3 Å². The Bertz CT molecular complexity index is 559. The van der Waals surface area contributed by atoms with Gasteiger partial charge in [-0.1, -0.05) is 6.07 Å². The number of benzene rings is 1. The van der Waals surface area contributed by atoms with Crippen molar-refractivity contribution in [3.05, 3.63) is 23.3 Å². The van der Waals surface area contributed by atoms with Crippen molar-refractivity contribution in [2.24, 2.45) is 0 Å². The Labute approximate surface area is 121 Å². The van der Waals surface area contributed by atoms with Gasteiger partial charge in [0.05, 0.1) is 14.2 Å². The summed E-state index contributed by atoms with van der Waals surface area (Å²) in [4.78, 5) is 0. The molecule has 0 aliphatic heterocycles. The first-order valence-corrected chi connectivity index (χ1v) is 10.1. The first-order chi connectivity index (χ1) is 9.37. The van der Waals surface area contributed by atoms with E-state index in [0.29, 0.717) is 12.2 Å². The zero-order valence-corrected chi connectivity index (χ0v) is 13.7. The minimum absolute atomic E-state index is 0.673. The lowest BCUT2D eigenvalue weighted by Crippen LogP contribution is -2.38. The molecule has 0 heterocycles. The largest absolute Gasteiger partial charge is 0.493 e. The fourth-order valence-electron chi connectivity index (χ4n) is 2.82. The van der Waals surface area contributed by atoms with Crippen LogP contribution in [-0.4, -0.2) is 22.5 Å². The van der Waals surface area contributed by atoms with Crippen molar-refractivity contribution in [1.82, 2.24) is 0 Å². The Morgan fingerprint density at radius 1 is 1.20 bits per heavy atom. The van der Waals surface area contributed by atoms with E-state index in [4.69, 9.17) is 13.9 Å². The third-order valence-corrected chi connectivity index (χ3v) is 4.43. The van der Waals surface area contributed by atoms with E-state index in [-0.39, 0.29) is 0 Å². The summed E-state index contributed by atoms with van der Waals surface area (Å²) in [6.45, 7) is 6.31. The summed E-state index contributed by atoms with van der Waals surface area (Å²) in [6.07, 6.45) is 1.44. The maximum absolute atomic E-state index is 9.69. The van der Waals surface area contributed by atoms with Gasteiger partial charge in [0, 0.05) is 11.1 Å². The van der Waals surface area contributed by atoms with Gasteiger partial charge in [-0.15, -0.1) is 0 Å². The Morgan fingerprint density at radius 3 is 2.40 bits per heavy atom. The van der Waals surface area contributed by atoms with Crippen LogP contribution in [0.1, 0.15) is 17.5 Å². The summed E-state index contributed by atoms with van der Waals surface area (Å²) in [5, 5.41) is 9.69. The van der Waals surface area contributed by atoms with Crippen LogP contribution in [0.25, 0.3) is 0 Å². The van der Waals surface area contributed by atoms with Gasteiger partial charge in [0.1, 0.15) is 6.07 Å². The normalized spacial score (nSPS) is 21.2. The average molecular weight is 291 g/mol. The highest BCUT2D eigenvalue weighted by Crippen LogP contribution is 2.47. The van der Waals surface area contributed by atoms with Gasteiger partial charge in [0.2, 0.25) is 0 Å². The van der Waals surface area contributed by atoms with Gasteiger partial charge in [-0.05, 0) is 38.5 Å². The monoisotopic (exact) mass is 291 g/mol. The van der Waals surface area contributed by atoms with Gasteiger partial charge in [-0.3, -0.25) is 0 Å². The van der Waals surface area contributed by atoms with Crippen molar-refractivity contribution in [3.8, 4) is 17.6 Å². The number of rotatable bonds is 4. The number of nitrogens with zero attached hydrogens (tertiary/aromatic N) is 1. The van der Waals surface area contributed by atoms with E-state index < -0.39 is 13.9 Å². The molecule has 1 aromatic rings. The lowest BCUT2D eigenvalue weighted by Gasteiger charge is -2.31. The molecule has 1 unspecified atom stereocenters. The molecule has 0 saturated carbocycles. The third kappa shape index (κ3) is 2.41. The number of ether oxygens (including phenoxy) is 2. The summed E-state index contributed by atoms with van der Waals surface area (Å²) >= 11 is 0.